The fraction of sp³-hybridized carbons (Fsp3) is 0.364. The van der Waals surface area contributed by atoms with E-state index in [0.29, 0.717) is 6.61 Å². The van der Waals surface area contributed by atoms with Crippen LogP contribution in [-0.4, -0.2) is 53.3 Å². The molecule has 1 aliphatic heterocycles. The van der Waals surface area contributed by atoms with Gasteiger partial charge in [-0.15, -0.1) is 6.42 Å². The largest absolute Gasteiger partial charge is 0.394 e. The van der Waals surface area contributed by atoms with E-state index in [2.05, 4.69) is 5.92 Å². The number of hydrogen-bond donors (Lipinski definition) is 2. The molecule has 2 aromatic rings. The summed E-state index contributed by atoms with van der Waals surface area (Å²) >= 11 is 1.42. The molecule has 2 N–H and O–H groups in total. The summed E-state index contributed by atoms with van der Waals surface area (Å²) in [5, 5.41) is 20.8. The maximum Gasteiger partial charge on any atom is 0.137 e. The molecule has 0 bridgehead atoms. The Morgan fingerprint density at radius 3 is 2.32 bits per heavy atom. The molecule has 2 aromatic carbocycles. The van der Waals surface area contributed by atoms with Crippen LogP contribution in [0.3, 0.4) is 0 Å². The molecule has 148 valence electrons. The molecule has 2 unspecified atom stereocenters. The molecule has 0 aromatic heterocycles. The Hall–Kier alpha value is -1.85. The molecule has 0 aliphatic carbocycles. The van der Waals surface area contributed by atoms with Crippen LogP contribution in [-0.2, 0) is 20.8 Å². The van der Waals surface area contributed by atoms with Crippen molar-refractivity contribution >= 4 is 11.8 Å². The zero-order chi connectivity index (χ0) is 19.8. The molecule has 1 saturated heterocycles. The summed E-state index contributed by atoms with van der Waals surface area (Å²) in [5.74, 6) is 2.43. The molecule has 28 heavy (non-hydrogen) atoms. The van der Waals surface area contributed by atoms with Gasteiger partial charge in [-0.2, -0.15) is 0 Å². The first kappa shape index (κ1) is 20.9. The van der Waals surface area contributed by atoms with Gasteiger partial charge in [-0.3, -0.25) is 0 Å². The Bertz CT molecular complexity index is 749. The highest BCUT2D eigenvalue weighted by Gasteiger charge is 2.46. The normalized spacial score (nSPS) is 27.2. The van der Waals surface area contributed by atoms with Crippen LogP contribution < -0.4 is 0 Å². The van der Waals surface area contributed by atoms with Crippen LogP contribution in [0.15, 0.2) is 65.6 Å². The molecule has 6 heteroatoms. The Morgan fingerprint density at radius 1 is 1.00 bits per heavy atom. The van der Waals surface area contributed by atoms with E-state index in [4.69, 9.17) is 20.6 Å². The molecule has 5 atom stereocenters. The second kappa shape index (κ2) is 10.6. The van der Waals surface area contributed by atoms with E-state index in [-0.39, 0.29) is 13.2 Å². The first-order valence-corrected chi connectivity index (χ1v) is 9.97. The number of hydrogen-bond acceptors (Lipinski definition) is 6. The Kier molecular flexibility index (Phi) is 7.92. The number of ether oxygens (including phenoxy) is 3. The fourth-order valence-electron chi connectivity index (χ4n) is 3.06. The standard InChI is InChI=1S/C22H24O5S/c1-2-13-25-21-19(24)20(26-15-16-9-5-3-6-10-16)18(14-23)27-22(21)28-17-11-7-4-8-12-17/h1,3-12,18-24H,13-15H2/t18?,19-,20?,21-,22-/m0/s1. The van der Waals surface area contributed by atoms with Crippen molar-refractivity contribution in [3.8, 4) is 12.3 Å². The second-order valence-electron chi connectivity index (χ2n) is 6.39. The van der Waals surface area contributed by atoms with Crippen LogP contribution in [0.25, 0.3) is 0 Å². The van der Waals surface area contributed by atoms with E-state index in [1.54, 1.807) is 0 Å². The van der Waals surface area contributed by atoms with Gasteiger partial charge >= 0.3 is 0 Å². The summed E-state index contributed by atoms with van der Waals surface area (Å²) in [6, 6.07) is 19.3. The number of terminal acetylenes is 1. The number of aliphatic hydroxyl groups is 2. The van der Waals surface area contributed by atoms with Crippen LogP contribution in [0, 0.1) is 12.3 Å². The molecular weight excluding hydrogens is 376 g/mol. The fourth-order valence-corrected chi connectivity index (χ4v) is 4.22. The van der Waals surface area contributed by atoms with Crippen LogP contribution in [0.4, 0.5) is 0 Å². The third kappa shape index (κ3) is 5.36. The Labute approximate surface area is 169 Å². The molecule has 0 spiro atoms. The van der Waals surface area contributed by atoms with Crippen LogP contribution >= 0.6 is 11.8 Å². The smallest absolute Gasteiger partial charge is 0.137 e. The molecule has 1 aliphatic rings. The van der Waals surface area contributed by atoms with E-state index in [1.165, 1.54) is 11.8 Å². The summed E-state index contributed by atoms with van der Waals surface area (Å²) in [7, 11) is 0. The summed E-state index contributed by atoms with van der Waals surface area (Å²) in [5.41, 5.74) is 0.438. The monoisotopic (exact) mass is 400 g/mol. The molecule has 0 radical (unpaired) electrons. The van der Waals surface area contributed by atoms with E-state index in [9.17, 15) is 10.2 Å². The zero-order valence-electron chi connectivity index (χ0n) is 15.4. The van der Waals surface area contributed by atoms with Gasteiger partial charge in [0, 0.05) is 4.90 Å². The predicted molar refractivity (Wildman–Crippen MR) is 108 cm³/mol. The molecule has 1 fully saturated rings. The van der Waals surface area contributed by atoms with Gasteiger partial charge in [0.2, 0.25) is 0 Å². The van der Waals surface area contributed by atoms with Gasteiger partial charge in [-0.25, -0.2) is 0 Å². The highest BCUT2D eigenvalue weighted by Crippen LogP contribution is 2.35. The minimum Gasteiger partial charge on any atom is -0.394 e. The van der Waals surface area contributed by atoms with Gasteiger partial charge < -0.3 is 24.4 Å². The van der Waals surface area contributed by atoms with Crippen molar-refractivity contribution in [3.05, 3.63) is 66.2 Å². The quantitative estimate of drug-likeness (QED) is 0.664. The maximum absolute atomic E-state index is 11.0. The summed E-state index contributed by atoms with van der Waals surface area (Å²) in [6.45, 7) is 0.0666. The number of benzene rings is 2. The molecule has 0 saturated carbocycles. The third-order valence-electron chi connectivity index (χ3n) is 4.44. The van der Waals surface area contributed by atoms with Gasteiger partial charge in [-0.05, 0) is 17.7 Å². The van der Waals surface area contributed by atoms with Gasteiger partial charge in [0.05, 0.1) is 13.2 Å². The molecule has 5 nitrogen and oxygen atoms in total. The molecule has 0 amide bonds. The molecular formula is C22H24O5S. The highest BCUT2D eigenvalue weighted by molar-refractivity contribution is 7.99. The Balaban J connectivity index is 1.74. The van der Waals surface area contributed by atoms with E-state index >= 15 is 0 Å². The minimum atomic E-state index is -0.996. The van der Waals surface area contributed by atoms with Crippen molar-refractivity contribution in [2.75, 3.05) is 13.2 Å². The van der Waals surface area contributed by atoms with Crippen LogP contribution in [0.5, 0.6) is 0 Å². The minimum absolute atomic E-state index is 0.0478. The van der Waals surface area contributed by atoms with Crippen molar-refractivity contribution in [1.29, 1.82) is 0 Å². The van der Waals surface area contributed by atoms with Gasteiger partial charge in [0.1, 0.15) is 36.5 Å². The van der Waals surface area contributed by atoms with E-state index < -0.39 is 29.9 Å². The molecule has 3 rings (SSSR count). The lowest BCUT2D eigenvalue weighted by Gasteiger charge is -2.43. The summed E-state index contributed by atoms with van der Waals surface area (Å²) in [4.78, 5) is 0.967. The van der Waals surface area contributed by atoms with Crippen LogP contribution in [0.2, 0.25) is 0 Å². The number of rotatable bonds is 8. The topological polar surface area (TPSA) is 68.2 Å². The zero-order valence-corrected chi connectivity index (χ0v) is 16.2. The van der Waals surface area contributed by atoms with Crippen LogP contribution in [0.1, 0.15) is 5.56 Å². The lowest BCUT2D eigenvalue weighted by molar-refractivity contribution is -0.232. The van der Waals surface area contributed by atoms with Gasteiger partial charge in [0.25, 0.3) is 0 Å². The highest BCUT2D eigenvalue weighted by atomic mass is 32.2. The number of aliphatic hydroxyl groups excluding tert-OH is 2. The van der Waals surface area contributed by atoms with E-state index in [0.717, 1.165) is 10.5 Å². The lowest BCUT2D eigenvalue weighted by Crippen LogP contribution is -2.59. The first-order valence-electron chi connectivity index (χ1n) is 9.09. The van der Waals surface area contributed by atoms with Crippen molar-refractivity contribution in [2.45, 2.75) is 41.4 Å². The summed E-state index contributed by atoms with van der Waals surface area (Å²) in [6.07, 6.45) is 2.24. The number of thioether (sulfide) groups is 1. The molecule has 1 heterocycles. The van der Waals surface area contributed by atoms with Crippen molar-refractivity contribution < 1.29 is 24.4 Å². The van der Waals surface area contributed by atoms with E-state index in [1.807, 2.05) is 60.7 Å². The van der Waals surface area contributed by atoms with Crippen molar-refractivity contribution in [1.82, 2.24) is 0 Å². The lowest BCUT2D eigenvalue weighted by atomic mass is 9.99. The van der Waals surface area contributed by atoms with Crippen molar-refractivity contribution in [3.63, 3.8) is 0 Å². The Morgan fingerprint density at radius 2 is 1.68 bits per heavy atom. The second-order valence-corrected chi connectivity index (χ2v) is 7.56. The van der Waals surface area contributed by atoms with Gasteiger partial charge in [-0.1, -0.05) is 66.2 Å². The average Bonchev–Trinajstić information content (AvgIpc) is 2.74. The maximum atomic E-state index is 11.0. The SMILES string of the molecule is C#CCO[C@@H]1[C@H](Sc2ccccc2)OC(CO)C(OCc2ccccc2)[C@@H]1O. The van der Waals surface area contributed by atoms with Gasteiger partial charge in [0.15, 0.2) is 0 Å². The third-order valence-corrected chi connectivity index (χ3v) is 5.59. The predicted octanol–water partition coefficient (Wildman–Crippen LogP) is 2.46. The summed E-state index contributed by atoms with van der Waals surface area (Å²) < 4.78 is 17.7. The first-order chi connectivity index (χ1) is 13.7. The van der Waals surface area contributed by atoms with Crippen molar-refractivity contribution in [2.24, 2.45) is 0 Å². The average molecular weight is 400 g/mol.